The van der Waals surface area contributed by atoms with E-state index in [9.17, 15) is 13.2 Å². The summed E-state index contributed by atoms with van der Waals surface area (Å²) in [4.78, 5) is 1.33. The van der Waals surface area contributed by atoms with E-state index in [1.807, 2.05) is 0 Å². The van der Waals surface area contributed by atoms with Crippen molar-refractivity contribution >= 4 is 0 Å². The second-order valence-electron chi connectivity index (χ2n) is 6.32. The number of rotatable bonds is 8. The van der Waals surface area contributed by atoms with Gasteiger partial charge in [0.25, 0.3) is 0 Å². The minimum absolute atomic E-state index is 0.0611. The summed E-state index contributed by atoms with van der Waals surface area (Å²) >= 11 is 0. The van der Waals surface area contributed by atoms with Crippen molar-refractivity contribution < 1.29 is 23.0 Å². The van der Waals surface area contributed by atoms with Gasteiger partial charge in [-0.15, -0.1) is 0 Å². The van der Waals surface area contributed by atoms with E-state index >= 15 is 0 Å². The fourth-order valence-corrected chi connectivity index (χ4v) is 2.93. The maximum Gasteiger partial charge on any atom is 0.401 e. The standard InChI is InChI=1S/C14H25F3N2O2/c15-14(16,17)11-19(5-6-20)10-13(3-7-21-8-4-13)9-18-12-1-2-12/h12,18,20H,1-11H2. The van der Waals surface area contributed by atoms with Gasteiger partial charge in [-0.25, -0.2) is 0 Å². The fourth-order valence-electron chi connectivity index (χ4n) is 2.93. The molecule has 0 aromatic heterocycles. The minimum atomic E-state index is -4.23. The molecular formula is C14H25F3N2O2. The number of hydrogen-bond acceptors (Lipinski definition) is 4. The van der Waals surface area contributed by atoms with E-state index < -0.39 is 12.7 Å². The number of ether oxygens (including phenoxy) is 1. The Morgan fingerprint density at radius 3 is 2.43 bits per heavy atom. The van der Waals surface area contributed by atoms with Gasteiger partial charge in [-0.1, -0.05) is 0 Å². The van der Waals surface area contributed by atoms with Gasteiger partial charge in [0.05, 0.1) is 13.2 Å². The van der Waals surface area contributed by atoms with Crippen LogP contribution >= 0.6 is 0 Å². The van der Waals surface area contributed by atoms with Gasteiger partial charge in [0.15, 0.2) is 0 Å². The number of aliphatic hydroxyl groups excluding tert-OH is 1. The van der Waals surface area contributed by atoms with Gasteiger partial charge >= 0.3 is 6.18 Å². The van der Waals surface area contributed by atoms with Crippen LogP contribution in [-0.4, -0.2) is 68.2 Å². The maximum atomic E-state index is 12.7. The second-order valence-corrected chi connectivity index (χ2v) is 6.32. The maximum absolute atomic E-state index is 12.7. The number of alkyl halides is 3. The molecule has 0 bridgehead atoms. The van der Waals surface area contributed by atoms with Crippen molar-refractivity contribution in [2.75, 3.05) is 46.0 Å². The summed E-state index contributed by atoms with van der Waals surface area (Å²) in [5.41, 5.74) is -0.179. The van der Waals surface area contributed by atoms with Gasteiger partial charge < -0.3 is 15.2 Å². The molecule has 1 aliphatic heterocycles. The van der Waals surface area contributed by atoms with E-state index in [1.54, 1.807) is 0 Å². The van der Waals surface area contributed by atoms with E-state index in [0.717, 1.165) is 32.2 Å². The topological polar surface area (TPSA) is 44.7 Å². The SMILES string of the molecule is OCCN(CC(F)(F)F)CC1(CNC2CC2)CCOCC1. The predicted octanol–water partition coefficient (Wildman–Crippen LogP) is 1.39. The zero-order valence-electron chi connectivity index (χ0n) is 12.3. The molecule has 2 N–H and O–H groups in total. The van der Waals surface area contributed by atoms with Gasteiger partial charge in [0.1, 0.15) is 0 Å². The van der Waals surface area contributed by atoms with Gasteiger partial charge in [-0.2, -0.15) is 13.2 Å². The predicted molar refractivity (Wildman–Crippen MR) is 73.1 cm³/mol. The van der Waals surface area contributed by atoms with Crippen molar-refractivity contribution in [3.05, 3.63) is 0 Å². The van der Waals surface area contributed by atoms with Crippen LogP contribution in [0.1, 0.15) is 25.7 Å². The van der Waals surface area contributed by atoms with Crippen LogP contribution in [0.4, 0.5) is 13.2 Å². The Kier molecular flexibility index (Phi) is 5.88. The van der Waals surface area contributed by atoms with Crippen LogP contribution in [-0.2, 0) is 4.74 Å². The van der Waals surface area contributed by atoms with Crippen LogP contribution in [0.3, 0.4) is 0 Å². The average Bonchev–Trinajstić information content (AvgIpc) is 3.20. The third-order valence-electron chi connectivity index (χ3n) is 4.27. The Bertz CT molecular complexity index is 316. The number of hydrogen-bond donors (Lipinski definition) is 2. The normalized spacial score (nSPS) is 22.7. The molecule has 4 nitrogen and oxygen atoms in total. The lowest BCUT2D eigenvalue weighted by Crippen LogP contribution is -2.50. The lowest BCUT2D eigenvalue weighted by Gasteiger charge is -2.41. The molecule has 1 saturated carbocycles. The van der Waals surface area contributed by atoms with Crippen molar-refractivity contribution in [3.8, 4) is 0 Å². The Morgan fingerprint density at radius 1 is 1.24 bits per heavy atom. The molecule has 124 valence electrons. The average molecular weight is 310 g/mol. The van der Waals surface area contributed by atoms with Crippen LogP contribution in [0.25, 0.3) is 0 Å². The summed E-state index contributed by atoms with van der Waals surface area (Å²) in [6.45, 7) is 1.15. The molecule has 0 aromatic rings. The van der Waals surface area contributed by atoms with Crippen LogP contribution < -0.4 is 5.32 Å². The Hall–Kier alpha value is -0.370. The Balaban J connectivity index is 1.95. The van der Waals surface area contributed by atoms with Crippen molar-refractivity contribution in [1.82, 2.24) is 10.2 Å². The van der Waals surface area contributed by atoms with Crippen molar-refractivity contribution in [1.29, 1.82) is 0 Å². The Labute approximate surface area is 123 Å². The minimum Gasteiger partial charge on any atom is -0.395 e. The first-order valence-electron chi connectivity index (χ1n) is 7.64. The van der Waals surface area contributed by atoms with Crippen molar-refractivity contribution in [2.24, 2.45) is 5.41 Å². The number of nitrogens with one attached hydrogen (secondary N) is 1. The van der Waals surface area contributed by atoms with E-state index in [1.165, 1.54) is 4.90 Å². The molecule has 1 saturated heterocycles. The zero-order valence-corrected chi connectivity index (χ0v) is 12.3. The molecule has 1 aliphatic carbocycles. The first-order valence-corrected chi connectivity index (χ1v) is 7.64. The summed E-state index contributed by atoms with van der Waals surface area (Å²) in [6.07, 6.45) is -0.366. The molecule has 1 heterocycles. The summed E-state index contributed by atoms with van der Waals surface area (Å²) in [7, 11) is 0. The Morgan fingerprint density at radius 2 is 1.90 bits per heavy atom. The molecule has 21 heavy (non-hydrogen) atoms. The van der Waals surface area contributed by atoms with Crippen LogP contribution in [0.2, 0.25) is 0 Å². The third kappa shape index (κ3) is 6.10. The first kappa shape index (κ1) is 17.0. The highest BCUT2D eigenvalue weighted by Crippen LogP contribution is 2.33. The number of halogens is 3. The molecule has 0 amide bonds. The zero-order chi connectivity index (χ0) is 15.3. The molecule has 0 aromatic carbocycles. The molecule has 0 atom stereocenters. The van der Waals surface area contributed by atoms with E-state index in [2.05, 4.69) is 5.32 Å². The molecular weight excluding hydrogens is 285 g/mol. The smallest absolute Gasteiger partial charge is 0.395 e. The van der Waals surface area contributed by atoms with Crippen LogP contribution in [0.5, 0.6) is 0 Å². The lowest BCUT2D eigenvalue weighted by atomic mass is 9.79. The van der Waals surface area contributed by atoms with Gasteiger partial charge in [0, 0.05) is 38.9 Å². The summed E-state index contributed by atoms with van der Waals surface area (Å²) in [6, 6.07) is 0.540. The first-order chi connectivity index (χ1) is 9.92. The van der Waals surface area contributed by atoms with Crippen LogP contribution in [0.15, 0.2) is 0 Å². The highest BCUT2D eigenvalue weighted by molar-refractivity contribution is 4.91. The molecule has 7 heteroatoms. The van der Waals surface area contributed by atoms with E-state index in [-0.39, 0.29) is 18.6 Å². The monoisotopic (exact) mass is 310 g/mol. The molecule has 2 fully saturated rings. The summed E-state index contributed by atoms with van der Waals surface area (Å²) in [5, 5.41) is 12.5. The quantitative estimate of drug-likeness (QED) is 0.711. The summed E-state index contributed by atoms with van der Waals surface area (Å²) < 4.78 is 43.4. The highest BCUT2D eigenvalue weighted by atomic mass is 19.4. The number of aliphatic hydroxyl groups is 1. The van der Waals surface area contributed by atoms with Gasteiger partial charge in [-0.05, 0) is 31.1 Å². The van der Waals surface area contributed by atoms with Crippen molar-refractivity contribution in [2.45, 2.75) is 37.9 Å². The van der Waals surface area contributed by atoms with Gasteiger partial charge in [0.2, 0.25) is 0 Å². The van der Waals surface area contributed by atoms with E-state index in [0.29, 0.717) is 25.8 Å². The lowest BCUT2D eigenvalue weighted by molar-refractivity contribution is -0.152. The molecule has 2 aliphatic rings. The highest BCUT2D eigenvalue weighted by Gasteiger charge is 2.39. The fraction of sp³-hybridized carbons (Fsp3) is 1.00. The van der Waals surface area contributed by atoms with Crippen LogP contribution in [0, 0.1) is 5.41 Å². The molecule has 0 radical (unpaired) electrons. The second kappa shape index (κ2) is 7.26. The molecule has 0 unspecified atom stereocenters. The number of nitrogens with zero attached hydrogens (tertiary/aromatic N) is 1. The third-order valence-corrected chi connectivity index (χ3v) is 4.27. The van der Waals surface area contributed by atoms with Gasteiger partial charge in [-0.3, -0.25) is 4.90 Å². The largest absolute Gasteiger partial charge is 0.401 e. The van der Waals surface area contributed by atoms with E-state index in [4.69, 9.17) is 9.84 Å². The van der Waals surface area contributed by atoms with Crippen molar-refractivity contribution in [3.63, 3.8) is 0 Å². The summed E-state index contributed by atoms with van der Waals surface area (Å²) in [5.74, 6) is 0. The molecule has 0 spiro atoms. The molecule has 2 rings (SSSR count).